The molecule has 0 fully saturated rings. The third-order valence-electron chi connectivity index (χ3n) is 5.08. The predicted octanol–water partition coefficient (Wildman–Crippen LogP) is 3.95. The first kappa shape index (κ1) is 20.2. The molecular formula is C23H20N4O4S. The molecule has 8 nitrogen and oxygen atoms in total. The summed E-state index contributed by atoms with van der Waals surface area (Å²) in [5, 5.41) is 10.5. The number of thiazole rings is 1. The van der Waals surface area contributed by atoms with E-state index in [9.17, 15) is 9.59 Å². The number of benzene rings is 2. The van der Waals surface area contributed by atoms with E-state index in [-0.39, 0.29) is 11.3 Å². The standard InChI is InChI=1S/C23H20N4O4S/c1-2-9-27-22(29)16-6-4-3-5-15(16)20(26-27)21(28)25-23-24-17(13-32-23)14-7-8-18-19(12-14)31-11-10-30-18/h3-8,12-13H,2,9-11H2,1H3,(H,24,25,28). The number of fused-ring (bicyclic) bond motifs is 2. The van der Waals surface area contributed by atoms with Gasteiger partial charge < -0.3 is 9.47 Å². The van der Waals surface area contributed by atoms with Gasteiger partial charge in [-0.2, -0.15) is 5.10 Å². The molecule has 1 aliphatic heterocycles. The zero-order chi connectivity index (χ0) is 22.1. The molecule has 0 radical (unpaired) electrons. The summed E-state index contributed by atoms with van der Waals surface area (Å²) in [6.45, 7) is 3.44. The molecule has 0 saturated heterocycles. The monoisotopic (exact) mass is 448 g/mol. The van der Waals surface area contributed by atoms with E-state index in [2.05, 4.69) is 15.4 Å². The fourth-order valence-electron chi connectivity index (χ4n) is 3.59. The van der Waals surface area contributed by atoms with E-state index in [4.69, 9.17) is 9.47 Å². The van der Waals surface area contributed by atoms with Crippen LogP contribution in [0.25, 0.3) is 22.0 Å². The summed E-state index contributed by atoms with van der Waals surface area (Å²) in [5.41, 5.74) is 1.58. The molecule has 0 saturated carbocycles. The molecule has 1 aliphatic rings. The highest BCUT2D eigenvalue weighted by Crippen LogP contribution is 2.35. The van der Waals surface area contributed by atoms with Crippen LogP contribution in [0.3, 0.4) is 0 Å². The second kappa shape index (κ2) is 8.43. The first-order valence-electron chi connectivity index (χ1n) is 10.3. The molecule has 0 unspecified atom stereocenters. The first-order valence-corrected chi connectivity index (χ1v) is 11.2. The largest absolute Gasteiger partial charge is 0.486 e. The Morgan fingerprint density at radius 2 is 1.91 bits per heavy atom. The van der Waals surface area contributed by atoms with Crippen LogP contribution in [0.5, 0.6) is 11.5 Å². The van der Waals surface area contributed by atoms with Crippen LogP contribution in [0.1, 0.15) is 23.8 Å². The number of ether oxygens (including phenoxy) is 2. The Bertz CT molecular complexity index is 1380. The predicted molar refractivity (Wildman–Crippen MR) is 123 cm³/mol. The van der Waals surface area contributed by atoms with E-state index < -0.39 is 5.91 Å². The molecule has 0 bridgehead atoms. The summed E-state index contributed by atoms with van der Waals surface area (Å²) in [6.07, 6.45) is 0.734. The summed E-state index contributed by atoms with van der Waals surface area (Å²) in [4.78, 5) is 30.3. The maximum absolute atomic E-state index is 13.1. The van der Waals surface area contributed by atoms with E-state index >= 15 is 0 Å². The lowest BCUT2D eigenvalue weighted by Gasteiger charge is -2.18. The van der Waals surface area contributed by atoms with Gasteiger partial charge in [0.1, 0.15) is 13.2 Å². The molecule has 0 aliphatic carbocycles. The van der Waals surface area contributed by atoms with E-state index in [1.54, 1.807) is 24.3 Å². The van der Waals surface area contributed by atoms with Crippen molar-refractivity contribution >= 4 is 33.1 Å². The Balaban J connectivity index is 1.44. The minimum atomic E-state index is -0.408. The molecule has 3 heterocycles. The highest BCUT2D eigenvalue weighted by atomic mass is 32.1. The zero-order valence-electron chi connectivity index (χ0n) is 17.3. The Labute approximate surface area is 187 Å². The van der Waals surface area contributed by atoms with Crippen molar-refractivity contribution < 1.29 is 14.3 Å². The lowest BCUT2D eigenvalue weighted by Crippen LogP contribution is -2.27. The minimum Gasteiger partial charge on any atom is -0.486 e. The molecule has 32 heavy (non-hydrogen) atoms. The van der Waals surface area contributed by atoms with Crippen molar-refractivity contribution in [2.45, 2.75) is 19.9 Å². The SMILES string of the molecule is CCCn1nc(C(=O)Nc2nc(-c3ccc4c(c3)OCCO4)cs2)c2ccccc2c1=O. The molecule has 2 aromatic carbocycles. The van der Waals surface area contributed by atoms with E-state index in [1.807, 2.05) is 30.5 Å². The van der Waals surface area contributed by atoms with Crippen molar-refractivity contribution in [2.24, 2.45) is 0 Å². The van der Waals surface area contributed by atoms with Crippen LogP contribution in [0.15, 0.2) is 52.6 Å². The highest BCUT2D eigenvalue weighted by molar-refractivity contribution is 7.14. The van der Waals surface area contributed by atoms with Crippen molar-refractivity contribution in [3.8, 4) is 22.8 Å². The van der Waals surface area contributed by atoms with Gasteiger partial charge in [0.25, 0.3) is 11.5 Å². The number of anilines is 1. The van der Waals surface area contributed by atoms with Gasteiger partial charge in [-0.05, 0) is 30.7 Å². The highest BCUT2D eigenvalue weighted by Gasteiger charge is 2.19. The number of rotatable bonds is 5. The van der Waals surface area contributed by atoms with Gasteiger partial charge >= 0.3 is 0 Å². The topological polar surface area (TPSA) is 95.3 Å². The quantitative estimate of drug-likeness (QED) is 0.497. The Morgan fingerprint density at radius 3 is 2.72 bits per heavy atom. The number of nitrogens with zero attached hydrogens (tertiary/aromatic N) is 3. The number of amides is 1. The number of aryl methyl sites for hydroxylation is 1. The van der Waals surface area contributed by atoms with Crippen molar-refractivity contribution in [1.82, 2.24) is 14.8 Å². The molecule has 4 aromatic rings. The maximum Gasteiger partial charge on any atom is 0.278 e. The van der Waals surface area contributed by atoms with Gasteiger partial charge in [0, 0.05) is 22.9 Å². The number of nitrogens with one attached hydrogen (secondary N) is 1. The Hall–Kier alpha value is -3.72. The molecule has 1 amide bonds. The summed E-state index contributed by atoms with van der Waals surface area (Å²) < 4.78 is 12.5. The van der Waals surface area contributed by atoms with E-state index in [0.29, 0.717) is 47.2 Å². The van der Waals surface area contributed by atoms with Crippen LogP contribution in [-0.2, 0) is 6.54 Å². The minimum absolute atomic E-state index is 0.199. The number of aromatic nitrogens is 3. The second-order valence-corrected chi connectivity index (χ2v) is 8.13. The van der Waals surface area contributed by atoms with Crippen LogP contribution in [-0.4, -0.2) is 33.9 Å². The van der Waals surface area contributed by atoms with Crippen LogP contribution in [0, 0.1) is 0 Å². The van der Waals surface area contributed by atoms with Crippen LogP contribution in [0.2, 0.25) is 0 Å². The van der Waals surface area contributed by atoms with Crippen molar-refractivity contribution in [2.75, 3.05) is 18.5 Å². The Morgan fingerprint density at radius 1 is 1.12 bits per heavy atom. The summed E-state index contributed by atoms with van der Waals surface area (Å²) in [6, 6.07) is 12.7. The van der Waals surface area contributed by atoms with Crippen LogP contribution in [0.4, 0.5) is 5.13 Å². The van der Waals surface area contributed by atoms with Gasteiger partial charge in [0.2, 0.25) is 0 Å². The molecule has 0 spiro atoms. The summed E-state index contributed by atoms with van der Waals surface area (Å²) in [7, 11) is 0. The average molecular weight is 449 g/mol. The summed E-state index contributed by atoms with van der Waals surface area (Å²) in [5.74, 6) is 0.985. The molecule has 162 valence electrons. The third kappa shape index (κ3) is 3.71. The first-order chi connectivity index (χ1) is 15.6. The molecular weight excluding hydrogens is 428 g/mol. The third-order valence-corrected chi connectivity index (χ3v) is 5.84. The van der Waals surface area contributed by atoms with Crippen LogP contribution >= 0.6 is 11.3 Å². The van der Waals surface area contributed by atoms with E-state index in [0.717, 1.165) is 17.7 Å². The van der Waals surface area contributed by atoms with E-state index in [1.165, 1.54) is 16.0 Å². The van der Waals surface area contributed by atoms with Crippen molar-refractivity contribution in [3.63, 3.8) is 0 Å². The van der Waals surface area contributed by atoms with Gasteiger partial charge in [0.15, 0.2) is 22.3 Å². The molecule has 1 N–H and O–H groups in total. The van der Waals surface area contributed by atoms with Gasteiger partial charge in [-0.25, -0.2) is 9.67 Å². The average Bonchev–Trinajstić information content (AvgIpc) is 3.29. The number of hydrogen-bond donors (Lipinski definition) is 1. The van der Waals surface area contributed by atoms with Gasteiger partial charge in [-0.15, -0.1) is 11.3 Å². The lowest BCUT2D eigenvalue weighted by molar-refractivity contribution is 0.102. The molecule has 5 rings (SSSR count). The second-order valence-electron chi connectivity index (χ2n) is 7.27. The summed E-state index contributed by atoms with van der Waals surface area (Å²) >= 11 is 1.32. The fourth-order valence-corrected chi connectivity index (χ4v) is 4.30. The smallest absolute Gasteiger partial charge is 0.278 e. The normalized spacial score (nSPS) is 12.7. The van der Waals surface area contributed by atoms with Crippen molar-refractivity contribution in [1.29, 1.82) is 0 Å². The Kier molecular flexibility index (Phi) is 5.32. The number of hydrogen-bond acceptors (Lipinski definition) is 7. The van der Waals surface area contributed by atoms with Gasteiger partial charge in [-0.1, -0.05) is 25.1 Å². The van der Waals surface area contributed by atoms with Gasteiger partial charge in [-0.3, -0.25) is 14.9 Å². The maximum atomic E-state index is 13.1. The molecule has 9 heteroatoms. The zero-order valence-corrected chi connectivity index (χ0v) is 18.1. The van der Waals surface area contributed by atoms with Gasteiger partial charge in [0.05, 0.1) is 11.1 Å². The molecule has 0 atom stereocenters. The van der Waals surface area contributed by atoms with Crippen molar-refractivity contribution in [3.05, 3.63) is 63.9 Å². The number of carbonyl (C=O) groups is 1. The molecule has 2 aromatic heterocycles. The fraction of sp³-hybridized carbons (Fsp3) is 0.217. The number of carbonyl (C=O) groups excluding carboxylic acids is 1. The lowest BCUT2D eigenvalue weighted by atomic mass is 10.1. The van der Waals surface area contributed by atoms with Crippen LogP contribution < -0.4 is 20.3 Å².